The van der Waals surface area contributed by atoms with Crippen LogP contribution in [0.5, 0.6) is 0 Å². The highest BCUT2D eigenvalue weighted by molar-refractivity contribution is 8.14. The van der Waals surface area contributed by atoms with Crippen molar-refractivity contribution < 1.29 is 9.59 Å². The van der Waals surface area contributed by atoms with E-state index < -0.39 is 0 Å². The first-order chi connectivity index (χ1) is 12.0. The third kappa shape index (κ3) is 4.56. The maximum Gasteiger partial charge on any atom is 0.239 e. The highest BCUT2D eigenvalue weighted by atomic mass is 35.5. The lowest BCUT2D eigenvalue weighted by molar-refractivity contribution is -0.116. The molecule has 0 saturated carbocycles. The van der Waals surface area contributed by atoms with Crippen LogP contribution in [-0.2, 0) is 16.1 Å². The Hall–Kier alpha value is -1.96. The summed E-state index contributed by atoms with van der Waals surface area (Å²) in [7, 11) is 0. The predicted molar refractivity (Wildman–Crippen MR) is 103 cm³/mol. The smallest absolute Gasteiger partial charge is 0.239 e. The third-order valence-electron chi connectivity index (χ3n) is 3.33. The fourth-order valence-corrected chi connectivity index (χ4v) is 3.92. The number of hydrogen-bond donors (Lipinski definition) is 0. The van der Waals surface area contributed by atoms with E-state index >= 15 is 0 Å². The maximum atomic E-state index is 12.7. The van der Waals surface area contributed by atoms with E-state index in [0.717, 1.165) is 27.5 Å². The van der Waals surface area contributed by atoms with Gasteiger partial charge in [0.2, 0.25) is 5.91 Å². The molecule has 0 unspecified atom stereocenters. The third-order valence-corrected chi connectivity index (χ3v) is 5.41. The minimum Gasteiger partial charge on any atom is -0.288 e. The summed E-state index contributed by atoms with van der Waals surface area (Å²) < 4.78 is 0.908. The summed E-state index contributed by atoms with van der Waals surface area (Å²) in [6.45, 7) is 1.79. The van der Waals surface area contributed by atoms with Crippen molar-refractivity contribution in [3.8, 4) is 0 Å². The normalized spacial score (nSPS) is 10.8. The number of anilines is 1. The molecule has 2 heterocycles. The Labute approximate surface area is 158 Å². The van der Waals surface area contributed by atoms with Crippen molar-refractivity contribution in [1.82, 2.24) is 9.97 Å². The number of nitrogens with zero attached hydrogens (tertiary/aromatic N) is 3. The average molecular weight is 392 g/mol. The van der Waals surface area contributed by atoms with Gasteiger partial charge in [-0.15, -0.1) is 0 Å². The summed E-state index contributed by atoms with van der Waals surface area (Å²) in [5.74, 6) is -0.0964. The van der Waals surface area contributed by atoms with Crippen molar-refractivity contribution in [1.29, 1.82) is 0 Å². The molecule has 0 N–H and O–H groups in total. The van der Waals surface area contributed by atoms with Gasteiger partial charge in [-0.1, -0.05) is 40.8 Å². The van der Waals surface area contributed by atoms with Crippen LogP contribution in [0.3, 0.4) is 0 Å². The molecule has 0 bridgehead atoms. The molecule has 2 aromatic heterocycles. The number of carbonyl (C=O) groups is 2. The summed E-state index contributed by atoms with van der Waals surface area (Å²) in [6.07, 6.45) is 3.39. The Kier molecular flexibility index (Phi) is 5.67. The van der Waals surface area contributed by atoms with Crippen molar-refractivity contribution in [3.05, 3.63) is 53.3 Å². The molecule has 1 amide bonds. The summed E-state index contributed by atoms with van der Waals surface area (Å²) in [6, 6.07) is 9.14. The Morgan fingerprint density at radius 3 is 2.88 bits per heavy atom. The molecule has 0 saturated heterocycles. The number of thiazole rings is 1. The molecule has 25 heavy (non-hydrogen) atoms. The molecule has 128 valence electrons. The molecule has 0 fully saturated rings. The van der Waals surface area contributed by atoms with Gasteiger partial charge in [0, 0.05) is 24.3 Å². The maximum absolute atomic E-state index is 12.7. The van der Waals surface area contributed by atoms with Crippen LogP contribution in [0.1, 0.15) is 12.5 Å². The lowest BCUT2D eigenvalue weighted by atomic mass is 10.2. The van der Waals surface area contributed by atoms with Gasteiger partial charge >= 0.3 is 0 Å². The summed E-state index contributed by atoms with van der Waals surface area (Å²) >= 11 is 8.42. The van der Waals surface area contributed by atoms with Crippen molar-refractivity contribution >= 4 is 61.1 Å². The highest BCUT2D eigenvalue weighted by Gasteiger charge is 2.21. The number of rotatable bonds is 5. The molecule has 0 aliphatic rings. The molecular formula is C17H14ClN3O2S2. The van der Waals surface area contributed by atoms with Gasteiger partial charge in [0.25, 0.3) is 0 Å². The number of fused-ring (bicyclic) bond motifs is 1. The first kappa shape index (κ1) is 17.8. The van der Waals surface area contributed by atoms with E-state index in [0.29, 0.717) is 16.7 Å². The van der Waals surface area contributed by atoms with Gasteiger partial charge < -0.3 is 0 Å². The zero-order valence-corrected chi connectivity index (χ0v) is 15.7. The van der Waals surface area contributed by atoms with E-state index in [1.807, 2.05) is 24.3 Å². The number of benzene rings is 1. The second-order valence-corrected chi connectivity index (χ2v) is 7.83. The van der Waals surface area contributed by atoms with Crippen LogP contribution in [-0.4, -0.2) is 26.7 Å². The fraction of sp³-hybridized carbons (Fsp3) is 0.176. The number of pyridine rings is 1. The molecule has 8 heteroatoms. The standard InChI is InChI=1S/C17H14ClN3O2S2/c1-11(22)24-10-16(23)21(9-12-3-2-6-19-8-12)17-20-14-5-4-13(18)7-15(14)25-17/h2-8H,9-10H2,1H3. The number of thioether (sulfide) groups is 1. The van der Waals surface area contributed by atoms with Gasteiger partial charge in [-0.2, -0.15) is 0 Å². The number of hydrogen-bond acceptors (Lipinski definition) is 6. The van der Waals surface area contributed by atoms with E-state index in [9.17, 15) is 9.59 Å². The number of carbonyl (C=O) groups excluding carboxylic acids is 2. The molecule has 3 rings (SSSR count). The van der Waals surface area contributed by atoms with Gasteiger partial charge in [0.15, 0.2) is 10.2 Å². The van der Waals surface area contributed by atoms with Crippen LogP contribution >= 0.6 is 34.7 Å². The predicted octanol–water partition coefficient (Wildman–Crippen LogP) is 4.16. The van der Waals surface area contributed by atoms with Crippen molar-refractivity contribution in [2.75, 3.05) is 10.7 Å². The van der Waals surface area contributed by atoms with Gasteiger partial charge in [-0.05, 0) is 29.8 Å². The minimum atomic E-state index is -0.172. The van der Waals surface area contributed by atoms with E-state index in [1.54, 1.807) is 23.4 Å². The number of aromatic nitrogens is 2. The molecule has 5 nitrogen and oxygen atoms in total. The molecular weight excluding hydrogens is 378 g/mol. The molecule has 0 aliphatic carbocycles. The second-order valence-electron chi connectivity index (χ2n) is 5.23. The van der Waals surface area contributed by atoms with Gasteiger partial charge in [-0.25, -0.2) is 4.98 Å². The molecule has 0 spiro atoms. The van der Waals surface area contributed by atoms with Crippen molar-refractivity contribution in [2.24, 2.45) is 0 Å². The summed E-state index contributed by atoms with van der Waals surface area (Å²) in [4.78, 5) is 34.1. The SMILES string of the molecule is CC(=O)SCC(=O)N(Cc1cccnc1)c1nc2ccc(Cl)cc2s1. The first-order valence-corrected chi connectivity index (χ1v) is 9.59. The van der Waals surface area contributed by atoms with Crippen LogP contribution in [0.25, 0.3) is 10.2 Å². The van der Waals surface area contributed by atoms with Gasteiger partial charge in [0.1, 0.15) is 0 Å². The van der Waals surface area contributed by atoms with E-state index in [4.69, 9.17) is 11.6 Å². The van der Waals surface area contributed by atoms with Gasteiger partial charge in [-0.3, -0.25) is 19.5 Å². The molecule has 0 radical (unpaired) electrons. The fourth-order valence-electron chi connectivity index (χ4n) is 2.18. The Bertz CT molecular complexity index is 915. The Morgan fingerprint density at radius 2 is 2.16 bits per heavy atom. The van der Waals surface area contributed by atoms with Crippen LogP contribution < -0.4 is 4.90 Å². The van der Waals surface area contributed by atoms with Crippen molar-refractivity contribution in [3.63, 3.8) is 0 Å². The molecule has 0 atom stereocenters. The lowest BCUT2D eigenvalue weighted by Gasteiger charge is -2.19. The molecule has 0 aliphatic heterocycles. The van der Waals surface area contributed by atoms with Crippen molar-refractivity contribution in [2.45, 2.75) is 13.5 Å². The molecule has 3 aromatic rings. The Balaban J connectivity index is 1.93. The summed E-state index contributed by atoms with van der Waals surface area (Å²) in [5, 5.41) is 1.11. The van der Waals surface area contributed by atoms with Gasteiger partial charge in [0.05, 0.1) is 22.5 Å². The van der Waals surface area contributed by atoms with E-state index in [-0.39, 0.29) is 16.8 Å². The topological polar surface area (TPSA) is 63.2 Å². The monoisotopic (exact) mass is 391 g/mol. The quantitative estimate of drug-likeness (QED) is 0.653. The van der Waals surface area contributed by atoms with Crippen LogP contribution in [0, 0.1) is 0 Å². The van der Waals surface area contributed by atoms with Crippen LogP contribution in [0.2, 0.25) is 5.02 Å². The summed E-state index contributed by atoms with van der Waals surface area (Å²) in [5.41, 5.74) is 1.67. The lowest BCUT2D eigenvalue weighted by Crippen LogP contribution is -2.32. The minimum absolute atomic E-state index is 0.0757. The molecule has 1 aromatic carbocycles. The van der Waals surface area contributed by atoms with E-state index in [2.05, 4.69) is 9.97 Å². The average Bonchev–Trinajstić information content (AvgIpc) is 3.01. The van der Waals surface area contributed by atoms with Crippen LogP contribution in [0.4, 0.5) is 5.13 Å². The van der Waals surface area contributed by atoms with E-state index in [1.165, 1.54) is 18.3 Å². The Morgan fingerprint density at radius 1 is 1.32 bits per heavy atom. The zero-order valence-electron chi connectivity index (χ0n) is 13.3. The second kappa shape index (κ2) is 7.95. The highest BCUT2D eigenvalue weighted by Crippen LogP contribution is 2.32. The van der Waals surface area contributed by atoms with Crippen LogP contribution in [0.15, 0.2) is 42.7 Å². The largest absolute Gasteiger partial charge is 0.288 e. The number of amides is 1. The number of halogens is 1. The first-order valence-electron chi connectivity index (χ1n) is 7.41. The zero-order chi connectivity index (χ0) is 17.8.